The van der Waals surface area contributed by atoms with Gasteiger partial charge in [0.25, 0.3) is 0 Å². The Labute approximate surface area is 111 Å². The van der Waals surface area contributed by atoms with Crippen LogP contribution in [0.5, 0.6) is 0 Å². The first kappa shape index (κ1) is 13.9. The minimum absolute atomic E-state index is 0.0493. The summed E-state index contributed by atoms with van der Waals surface area (Å²) in [4.78, 5) is 11.7. The molecule has 2 rings (SSSR count). The van der Waals surface area contributed by atoms with Crippen LogP contribution in [0, 0.1) is 23.7 Å². The first-order chi connectivity index (χ1) is 8.70. The molecular weight excluding hydrogens is 224 g/mol. The monoisotopic (exact) mass is 252 g/mol. The van der Waals surface area contributed by atoms with Crippen molar-refractivity contribution in [3.05, 3.63) is 0 Å². The molecule has 0 aromatic rings. The minimum Gasteiger partial charge on any atom is -0.466 e. The number of rotatable bonds is 3. The minimum atomic E-state index is 0.0493. The maximum atomic E-state index is 11.7. The van der Waals surface area contributed by atoms with Crippen LogP contribution >= 0.6 is 0 Å². The van der Waals surface area contributed by atoms with Gasteiger partial charge in [0.1, 0.15) is 0 Å². The Hall–Kier alpha value is -0.530. The lowest BCUT2D eigenvalue weighted by molar-refractivity contribution is -0.149. The van der Waals surface area contributed by atoms with Crippen LogP contribution in [0.3, 0.4) is 0 Å². The van der Waals surface area contributed by atoms with Gasteiger partial charge in [-0.05, 0) is 63.2 Å². The summed E-state index contributed by atoms with van der Waals surface area (Å²) in [6.07, 6.45) is 10.3. The maximum absolute atomic E-state index is 11.7. The van der Waals surface area contributed by atoms with Crippen LogP contribution in [0.15, 0.2) is 0 Å². The first-order valence-corrected chi connectivity index (χ1v) is 7.87. The molecule has 2 saturated carbocycles. The van der Waals surface area contributed by atoms with Crippen molar-refractivity contribution < 1.29 is 9.53 Å². The van der Waals surface area contributed by atoms with Gasteiger partial charge in [0.15, 0.2) is 0 Å². The molecule has 0 atom stereocenters. The molecule has 2 nitrogen and oxygen atoms in total. The van der Waals surface area contributed by atoms with Gasteiger partial charge in [-0.3, -0.25) is 4.79 Å². The second kappa shape index (κ2) is 6.58. The molecule has 0 bridgehead atoms. The molecule has 2 aliphatic rings. The van der Waals surface area contributed by atoms with E-state index in [-0.39, 0.29) is 11.9 Å². The molecule has 0 aromatic carbocycles. The van der Waals surface area contributed by atoms with Gasteiger partial charge in [0, 0.05) is 0 Å². The smallest absolute Gasteiger partial charge is 0.308 e. The quantitative estimate of drug-likeness (QED) is 0.704. The summed E-state index contributed by atoms with van der Waals surface area (Å²) in [6, 6.07) is 0. The van der Waals surface area contributed by atoms with Crippen LogP contribution in [0.25, 0.3) is 0 Å². The van der Waals surface area contributed by atoms with Crippen LogP contribution in [-0.2, 0) is 9.53 Å². The Morgan fingerprint density at radius 1 is 0.944 bits per heavy atom. The lowest BCUT2D eigenvalue weighted by Crippen LogP contribution is -2.28. The second-order valence-electron chi connectivity index (χ2n) is 6.38. The zero-order valence-electron chi connectivity index (χ0n) is 12.0. The summed E-state index contributed by atoms with van der Waals surface area (Å²) in [5, 5.41) is 0. The van der Waals surface area contributed by atoms with Gasteiger partial charge in [0.2, 0.25) is 0 Å². The summed E-state index contributed by atoms with van der Waals surface area (Å²) in [5.41, 5.74) is 0. The predicted octanol–water partition coefficient (Wildman–Crippen LogP) is 4.18. The van der Waals surface area contributed by atoms with E-state index >= 15 is 0 Å². The lowest BCUT2D eigenvalue weighted by atomic mass is 9.69. The van der Waals surface area contributed by atoms with E-state index in [0.717, 1.165) is 30.6 Å². The van der Waals surface area contributed by atoms with Gasteiger partial charge in [-0.15, -0.1) is 0 Å². The third-order valence-electron chi connectivity index (χ3n) is 5.12. The Kier molecular flexibility index (Phi) is 5.08. The number of hydrogen-bond acceptors (Lipinski definition) is 2. The molecule has 2 aliphatic carbocycles. The van der Waals surface area contributed by atoms with Crippen molar-refractivity contribution in [3.8, 4) is 0 Å². The highest BCUT2D eigenvalue weighted by atomic mass is 16.5. The van der Waals surface area contributed by atoms with Crippen molar-refractivity contribution in [3.63, 3.8) is 0 Å². The fraction of sp³-hybridized carbons (Fsp3) is 0.938. The third kappa shape index (κ3) is 3.49. The molecule has 0 aromatic heterocycles. The van der Waals surface area contributed by atoms with Gasteiger partial charge in [-0.25, -0.2) is 0 Å². The van der Waals surface area contributed by atoms with Crippen molar-refractivity contribution in [1.29, 1.82) is 0 Å². The summed E-state index contributed by atoms with van der Waals surface area (Å²) >= 11 is 0. The van der Waals surface area contributed by atoms with E-state index in [1.54, 1.807) is 0 Å². The average Bonchev–Trinajstić information content (AvgIpc) is 2.40. The third-order valence-corrected chi connectivity index (χ3v) is 5.12. The molecule has 0 N–H and O–H groups in total. The Morgan fingerprint density at radius 2 is 1.44 bits per heavy atom. The van der Waals surface area contributed by atoms with E-state index in [1.807, 2.05) is 6.92 Å². The Balaban J connectivity index is 1.74. The van der Waals surface area contributed by atoms with E-state index in [0.29, 0.717) is 6.61 Å². The molecular formula is C16H28O2. The molecule has 0 heterocycles. The van der Waals surface area contributed by atoms with Crippen LogP contribution < -0.4 is 0 Å². The van der Waals surface area contributed by atoms with Crippen LogP contribution in [0.1, 0.15) is 65.2 Å². The lowest BCUT2D eigenvalue weighted by Gasteiger charge is -2.36. The summed E-state index contributed by atoms with van der Waals surface area (Å²) < 4.78 is 5.14. The van der Waals surface area contributed by atoms with Gasteiger partial charge in [0.05, 0.1) is 12.5 Å². The molecule has 0 spiro atoms. The first-order valence-electron chi connectivity index (χ1n) is 7.87. The van der Waals surface area contributed by atoms with Crippen LogP contribution in [-0.4, -0.2) is 12.6 Å². The normalized spacial score (nSPS) is 37.2. The van der Waals surface area contributed by atoms with E-state index in [4.69, 9.17) is 4.74 Å². The standard InChI is InChI=1S/C16H28O2/c1-3-18-16(17)15-10-8-14(9-11-15)13-6-4-12(2)5-7-13/h12-15H,3-11H2,1-2H3. The largest absolute Gasteiger partial charge is 0.466 e. The van der Waals surface area contributed by atoms with Crippen molar-refractivity contribution >= 4 is 5.97 Å². The van der Waals surface area contributed by atoms with Gasteiger partial charge in [-0.1, -0.05) is 19.8 Å². The van der Waals surface area contributed by atoms with Crippen molar-refractivity contribution in [2.24, 2.45) is 23.7 Å². The van der Waals surface area contributed by atoms with E-state index < -0.39 is 0 Å². The second-order valence-corrected chi connectivity index (χ2v) is 6.38. The number of esters is 1. The fourth-order valence-corrected chi connectivity index (χ4v) is 3.84. The maximum Gasteiger partial charge on any atom is 0.308 e. The molecule has 0 saturated heterocycles. The van der Waals surface area contributed by atoms with Crippen molar-refractivity contribution in [2.75, 3.05) is 6.61 Å². The molecule has 0 aliphatic heterocycles. The number of carbonyl (C=O) groups is 1. The van der Waals surface area contributed by atoms with Gasteiger partial charge in [-0.2, -0.15) is 0 Å². The molecule has 2 fully saturated rings. The topological polar surface area (TPSA) is 26.3 Å². The molecule has 0 radical (unpaired) electrons. The Morgan fingerprint density at radius 3 is 1.94 bits per heavy atom. The fourth-order valence-electron chi connectivity index (χ4n) is 3.84. The predicted molar refractivity (Wildman–Crippen MR) is 73.2 cm³/mol. The molecule has 0 unspecified atom stereocenters. The number of carbonyl (C=O) groups excluding carboxylic acids is 1. The van der Waals surface area contributed by atoms with Crippen LogP contribution in [0.2, 0.25) is 0 Å². The molecule has 104 valence electrons. The highest BCUT2D eigenvalue weighted by Gasteiger charge is 2.32. The average molecular weight is 252 g/mol. The van der Waals surface area contributed by atoms with Crippen molar-refractivity contribution in [1.82, 2.24) is 0 Å². The number of ether oxygens (including phenoxy) is 1. The van der Waals surface area contributed by atoms with Gasteiger partial charge < -0.3 is 4.74 Å². The van der Waals surface area contributed by atoms with Gasteiger partial charge >= 0.3 is 5.97 Å². The zero-order valence-corrected chi connectivity index (χ0v) is 12.0. The molecule has 2 heteroatoms. The molecule has 18 heavy (non-hydrogen) atoms. The zero-order chi connectivity index (χ0) is 13.0. The number of hydrogen-bond donors (Lipinski definition) is 0. The van der Waals surface area contributed by atoms with E-state index in [2.05, 4.69) is 6.92 Å². The highest BCUT2D eigenvalue weighted by molar-refractivity contribution is 5.72. The highest BCUT2D eigenvalue weighted by Crippen LogP contribution is 2.41. The van der Waals surface area contributed by atoms with Crippen LogP contribution in [0.4, 0.5) is 0 Å². The summed E-state index contributed by atoms with van der Waals surface area (Å²) in [7, 11) is 0. The van der Waals surface area contributed by atoms with E-state index in [9.17, 15) is 4.79 Å². The Bertz CT molecular complexity index is 258. The summed E-state index contributed by atoms with van der Waals surface area (Å²) in [5.74, 6) is 3.03. The van der Waals surface area contributed by atoms with Crippen molar-refractivity contribution in [2.45, 2.75) is 65.2 Å². The molecule has 0 amide bonds. The SMILES string of the molecule is CCOC(=O)C1CCC(C2CCC(C)CC2)CC1. The van der Waals surface area contributed by atoms with E-state index in [1.165, 1.54) is 38.5 Å². The summed E-state index contributed by atoms with van der Waals surface area (Å²) in [6.45, 7) is 4.81.